The topological polar surface area (TPSA) is 41.5 Å². The van der Waals surface area contributed by atoms with Crippen LogP contribution in [0.1, 0.15) is 32.4 Å². The summed E-state index contributed by atoms with van der Waals surface area (Å²) in [5.74, 6) is 0. The first-order valence-corrected chi connectivity index (χ1v) is 7.07. The minimum Gasteiger partial charge on any atom is -0.389 e. The highest BCUT2D eigenvalue weighted by Crippen LogP contribution is 2.22. The normalized spacial score (nSPS) is 14.8. The zero-order valence-corrected chi connectivity index (χ0v) is 12.8. The van der Waals surface area contributed by atoms with Gasteiger partial charge in [-0.2, -0.15) is 0 Å². The quantitative estimate of drug-likeness (QED) is 0.813. The molecule has 0 amide bonds. The van der Waals surface area contributed by atoms with E-state index in [1.807, 2.05) is 32.0 Å². The Morgan fingerprint density at radius 2 is 1.94 bits per heavy atom. The van der Waals surface area contributed by atoms with Crippen molar-refractivity contribution in [3.05, 3.63) is 34.3 Å². The third-order valence-corrected chi connectivity index (χ3v) is 3.38. The smallest absolute Gasteiger partial charge is 0.0898 e. The second kappa shape index (κ2) is 7.89. The Balaban J connectivity index is 2.37. The molecule has 1 rings (SSSR count). The van der Waals surface area contributed by atoms with Gasteiger partial charge in [0.1, 0.15) is 0 Å². The molecule has 0 aliphatic rings. The number of rotatable bonds is 7. The van der Waals surface area contributed by atoms with Gasteiger partial charge in [-0.3, -0.25) is 0 Å². The molecule has 3 nitrogen and oxygen atoms in total. The van der Waals surface area contributed by atoms with Crippen molar-refractivity contribution >= 4 is 15.9 Å². The van der Waals surface area contributed by atoms with Crippen molar-refractivity contribution < 1.29 is 9.84 Å². The van der Waals surface area contributed by atoms with E-state index in [0.29, 0.717) is 13.2 Å². The van der Waals surface area contributed by atoms with Gasteiger partial charge in [0.25, 0.3) is 0 Å². The lowest BCUT2D eigenvalue weighted by Gasteiger charge is -2.19. The zero-order chi connectivity index (χ0) is 13.5. The molecule has 1 aromatic carbocycles. The molecule has 0 spiro atoms. The molecule has 102 valence electrons. The second-order valence-electron chi connectivity index (χ2n) is 4.69. The summed E-state index contributed by atoms with van der Waals surface area (Å²) in [6, 6.07) is 8.28. The minimum absolute atomic E-state index is 0.153. The van der Waals surface area contributed by atoms with Gasteiger partial charge in [0.05, 0.1) is 18.8 Å². The fraction of sp³-hybridized carbons (Fsp3) is 0.571. The first-order chi connectivity index (χ1) is 8.50. The van der Waals surface area contributed by atoms with E-state index in [9.17, 15) is 5.11 Å². The van der Waals surface area contributed by atoms with Crippen LogP contribution in [0.15, 0.2) is 28.7 Å². The maximum absolute atomic E-state index is 9.76. The van der Waals surface area contributed by atoms with Crippen molar-refractivity contribution in [2.75, 3.05) is 13.2 Å². The van der Waals surface area contributed by atoms with Gasteiger partial charge in [0.2, 0.25) is 0 Å². The Kier molecular flexibility index (Phi) is 6.86. The van der Waals surface area contributed by atoms with Crippen LogP contribution in [0.25, 0.3) is 0 Å². The highest BCUT2D eigenvalue weighted by molar-refractivity contribution is 9.10. The summed E-state index contributed by atoms with van der Waals surface area (Å²) >= 11 is 3.53. The van der Waals surface area contributed by atoms with Crippen molar-refractivity contribution in [2.24, 2.45) is 0 Å². The standard InChI is InChI=1S/C14H22BrNO2/c1-10(2)18-9-12(17)8-16-11(3)13-6-4-5-7-14(13)15/h4-7,10-12,16-17H,8-9H2,1-3H3/t11-,12?/m1/s1. The van der Waals surface area contributed by atoms with Gasteiger partial charge < -0.3 is 15.2 Å². The Hall–Kier alpha value is -0.420. The molecule has 4 heteroatoms. The molecule has 2 N–H and O–H groups in total. The highest BCUT2D eigenvalue weighted by atomic mass is 79.9. The van der Waals surface area contributed by atoms with Crippen LogP contribution in [0, 0.1) is 0 Å². The van der Waals surface area contributed by atoms with Crippen LogP contribution in [0.3, 0.4) is 0 Å². The van der Waals surface area contributed by atoms with E-state index in [0.717, 1.165) is 4.47 Å². The van der Waals surface area contributed by atoms with Gasteiger partial charge in [0, 0.05) is 17.1 Å². The van der Waals surface area contributed by atoms with E-state index in [-0.39, 0.29) is 12.1 Å². The number of aliphatic hydroxyl groups is 1. The van der Waals surface area contributed by atoms with Crippen molar-refractivity contribution in [1.82, 2.24) is 5.32 Å². The molecule has 0 bridgehead atoms. The summed E-state index contributed by atoms with van der Waals surface area (Å²) in [7, 11) is 0. The Morgan fingerprint density at radius 1 is 1.28 bits per heavy atom. The van der Waals surface area contributed by atoms with Crippen molar-refractivity contribution in [3.8, 4) is 0 Å². The van der Waals surface area contributed by atoms with Crippen LogP contribution in [-0.4, -0.2) is 30.5 Å². The Labute approximate surface area is 118 Å². The molecule has 0 aromatic heterocycles. The Morgan fingerprint density at radius 3 is 2.56 bits per heavy atom. The average Bonchev–Trinajstić information content (AvgIpc) is 2.34. The van der Waals surface area contributed by atoms with Gasteiger partial charge in [-0.25, -0.2) is 0 Å². The molecule has 0 radical (unpaired) electrons. The molecule has 0 saturated carbocycles. The molecular formula is C14H22BrNO2. The first-order valence-electron chi connectivity index (χ1n) is 6.28. The van der Waals surface area contributed by atoms with E-state index >= 15 is 0 Å². The molecule has 2 atom stereocenters. The summed E-state index contributed by atoms with van der Waals surface area (Å²) in [6.45, 7) is 6.90. The lowest BCUT2D eigenvalue weighted by atomic mass is 10.1. The van der Waals surface area contributed by atoms with Crippen LogP contribution in [0.5, 0.6) is 0 Å². The van der Waals surface area contributed by atoms with Crippen LogP contribution in [-0.2, 0) is 4.74 Å². The van der Waals surface area contributed by atoms with E-state index in [1.165, 1.54) is 5.56 Å². The molecule has 0 aliphatic heterocycles. The third kappa shape index (κ3) is 5.48. The largest absolute Gasteiger partial charge is 0.389 e. The molecular weight excluding hydrogens is 294 g/mol. The third-order valence-electron chi connectivity index (χ3n) is 2.65. The second-order valence-corrected chi connectivity index (χ2v) is 5.54. The number of ether oxygens (including phenoxy) is 1. The summed E-state index contributed by atoms with van der Waals surface area (Å²) < 4.78 is 6.45. The zero-order valence-electron chi connectivity index (χ0n) is 11.2. The van der Waals surface area contributed by atoms with E-state index < -0.39 is 6.10 Å². The Bertz CT molecular complexity index is 357. The predicted molar refractivity (Wildman–Crippen MR) is 77.7 cm³/mol. The van der Waals surface area contributed by atoms with Crippen molar-refractivity contribution in [3.63, 3.8) is 0 Å². The minimum atomic E-state index is -0.475. The van der Waals surface area contributed by atoms with Gasteiger partial charge in [-0.1, -0.05) is 34.1 Å². The number of halogens is 1. The van der Waals surface area contributed by atoms with Gasteiger partial charge >= 0.3 is 0 Å². The van der Waals surface area contributed by atoms with Crippen LogP contribution < -0.4 is 5.32 Å². The fourth-order valence-electron chi connectivity index (χ4n) is 1.61. The lowest BCUT2D eigenvalue weighted by Crippen LogP contribution is -2.33. The molecule has 0 fully saturated rings. The van der Waals surface area contributed by atoms with Gasteiger partial charge in [0.15, 0.2) is 0 Å². The fourth-order valence-corrected chi connectivity index (χ4v) is 2.24. The van der Waals surface area contributed by atoms with E-state index in [4.69, 9.17) is 4.74 Å². The first kappa shape index (κ1) is 15.6. The lowest BCUT2D eigenvalue weighted by molar-refractivity contribution is 0.00560. The molecule has 0 heterocycles. The summed E-state index contributed by atoms with van der Waals surface area (Å²) in [6.07, 6.45) is -0.322. The van der Waals surface area contributed by atoms with E-state index in [2.05, 4.69) is 34.2 Å². The van der Waals surface area contributed by atoms with Gasteiger partial charge in [-0.05, 0) is 32.4 Å². The van der Waals surface area contributed by atoms with Crippen LogP contribution >= 0.6 is 15.9 Å². The number of hydrogen-bond donors (Lipinski definition) is 2. The highest BCUT2D eigenvalue weighted by Gasteiger charge is 2.11. The number of hydrogen-bond acceptors (Lipinski definition) is 3. The van der Waals surface area contributed by atoms with Crippen LogP contribution in [0.2, 0.25) is 0 Å². The number of benzene rings is 1. The summed E-state index contributed by atoms with van der Waals surface area (Å²) in [4.78, 5) is 0. The number of aliphatic hydroxyl groups excluding tert-OH is 1. The number of nitrogens with one attached hydrogen (secondary N) is 1. The average molecular weight is 316 g/mol. The monoisotopic (exact) mass is 315 g/mol. The molecule has 1 unspecified atom stereocenters. The molecule has 18 heavy (non-hydrogen) atoms. The van der Waals surface area contributed by atoms with Crippen molar-refractivity contribution in [1.29, 1.82) is 0 Å². The van der Waals surface area contributed by atoms with Crippen LogP contribution in [0.4, 0.5) is 0 Å². The predicted octanol–water partition coefficient (Wildman–Crippen LogP) is 2.89. The SMILES string of the molecule is CC(C)OCC(O)CN[C@H](C)c1ccccc1Br. The van der Waals surface area contributed by atoms with Gasteiger partial charge in [-0.15, -0.1) is 0 Å². The maximum Gasteiger partial charge on any atom is 0.0898 e. The molecule has 0 aliphatic carbocycles. The maximum atomic E-state index is 9.76. The molecule has 1 aromatic rings. The van der Waals surface area contributed by atoms with Crippen molar-refractivity contribution in [2.45, 2.75) is 39.0 Å². The molecule has 0 saturated heterocycles. The summed E-state index contributed by atoms with van der Waals surface area (Å²) in [5.41, 5.74) is 1.19. The summed E-state index contributed by atoms with van der Waals surface area (Å²) in [5, 5.41) is 13.1. The van der Waals surface area contributed by atoms with E-state index in [1.54, 1.807) is 0 Å².